The monoisotopic (exact) mass is 370 g/mol. The van der Waals surface area contributed by atoms with Gasteiger partial charge >= 0.3 is 0 Å². The van der Waals surface area contributed by atoms with E-state index in [1.54, 1.807) is 24.3 Å². The number of para-hydroxylation sites is 1. The van der Waals surface area contributed by atoms with Crippen molar-refractivity contribution in [1.29, 1.82) is 0 Å². The highest BCUT2D eigenvalue weighted by Crippen LogP contribution is 2.23. The van der Waals surface area contributed by atoms with Crippen LogP contribution in [0.3, 0.4) is 0 Å². The van der Waals surface area contributed by atoms with Gasteiger partial charge in [0.25, 0.3) is 5.69 Å². The molecule has 2 aromatic carbocycles. The van der Waals surface area contributed by atoms with Gasteiger partial charge < -0.3 is 0 Å². The first-order valence-electron chi connectivity index (χ1n) is 5.86. The fourth-order valence-corrected chi connectivity index (χ4v) is 3.41. The summed E-state index contributed by atoms with van der Waals surface area (Å²) in [6.45, 7) is 0. The molecule has 0 bridgehead atoms. The molecular weight excluding hydrogens is 360 g/mol. The molecule has 0 heterocycles. The summed E-state index contributed by atoms with van der Waals surface area (Å²) in [5.74, 6) is -0.258. The molecule has 21 heavy (non-hydrogen) atoms. The Morgan fingerprint density at radius 3 is 2.29 bits per heavy atom. The van der Waals surface area contributed by atoms with Crippen LogP contribution in [0.4, 0.5) is 11.4 Å². The second-order valence-corrected chi connectivity index (χ2v) is 6.84. The first kappa shape index (κ1) is 15.5. The van der Waals surface area contributed by atoms with Gasteiger partial charge in [0, 0.05) is 16.6 Å². The molecule has 0 saturated heterocycles. The van der Waals surface area contributed by atoms with E-state index in [0.717, 1.165) is 0 Å². The molecule has 0 unspecified atom stereocenters. The quantitative estimate of drug-likeness (QED) is 0.645. The first-order valence-corrected chi connectivity index (χ1v) is 8.30. The smallest absolute Gasteiger partial charge is 0.269 e. The van der Waals surface area contributed by atoms with Crippen LogP contribution in [0.25, 0.3) is 0 Å². The van der Waals surface area contributed by atoms with Crippen molar-refractivity contribution in [3.05, 3.63) is 68.7 Å². The largest absolute Gasteiger partial charge is 0.282 e. The van der Waals surface area contributed by atoms with Gasteiger partial charge in [-0.05, 0) is 33.6 Å². The number of nitro benzene ring substituents is 1. The molecular formula is C13H11BrN2O4S. The lowest BCUT2D eigenvalue weighted by atomic mass is 10.2. The summed E-state index contributed by atoms with van der Waals surface area (Å²) in [6, 6.07) is 12.3. The Balaban J connectivity index is 2.14. The van der Waals surface area contributed by atoms with Crippen LogP contribution in [0, 0.1) is 10.1 Å². The third-order valence-corrected chi connectivity index (χ3v) is 4.58. The summed E-state index contributed by atoms with van der Waals surface area (Å²) < 4.78 is 27.2. The van der Waals surface area contributed by atoms with E-state index in [9.17, 15) is 18.5 Å². The molecule has 2 rings (SSSR count). The zero-order chi connectivity index (χ0) is 15.5. The third-order valence-electron chi connectivity index (χ3n) is 2.64. The summed E-state index contributed by atoms with van der Waals surface area (Å²) in [7, 11) is -3.59. The average molecular weight is 371 g/mol. The van der Waals surface area contributed by atoms with Crippen molar-refractivity contribution in [3.63, 3.8) is 0 Å². The Morgan fingerprint density at radius 2 is 1.71 bits per heavy atom. The maximum atomic E-state index is 12.1. The van der Waals surface area contributed by atoms with Crippen LogP contribution < -0.4 is 4.72 Å². The number of anilines is 1. The second-order valence-electron chi connectivity index (χ2n) is 4.26. The minimum Gasteiger partial charge on any atom is -0.282 e. The van der Waals surface area contributed by atoms with Crippen molar-refractivity contribution in [3.8, 4) is 0 Å². The number of hydrogen-bond acceptors (Lipinski definition) is 4. The number of nitrogens with zero attached hydrogens (tertiary/aromatic N) is 1. The van der Waals surface area contributed by atoms with E-state index in [1.807, 2.05) is 0 Å². The number of benzene rings is 2. The number of sulfonamides is 1. The van der Waals surface area contributed by atoms with Crippen LogP contribution in [-0.4, -0.2) is 13.3 Å². The Morgan fingerprint density at radius 1 is 1.10 bits per heavy atom. The van der Waals surface area contributed by atoms with E-state index in [0.29, 0.717) is 15.7 Å². The van der Waals surface area contributed by atoms with Gasteiger partial charge in [-0.2, -0.15) is 0 Å². The minimum absolute atomic E-state index is 0.0742. The van der Waals surface area contributed by atoms with Crippen LogP contribution in [0.2, 0.25) is 0 Å². The molecule has 110 valence electrons. The molecule has 0 saturated carbocycles. The molecule has 0 amide bonds. The van der Waals surface area contributed by atoms with Gasteiger partial charge in [-0.15, -0.1) is 0 Å². The molecule has 0 fully saturated rings. The standard InChI is InChI=1S/C13H11BrN2O4S/c14-12-3-1-2-4-13(12)15-21(19,20)9-10-5-7-11(8-6-10)16(17)18/h1-8,15H,9H2. The Hall–Kier alpha value is -1.93. The summed E-state index contributed by atoms with van der Waals surface area (Å²) in [5, 5.41) is 10.5. The van der Waals surface area contributed by atoms with Crippen LogP contribution in [0.1, 0.15) is 5.56 Å². The van der Waals surface area contributed by atoms with Crippen LogP contribution in [0.5, 0.6) is 0 Å². The molecule has 0 atom stereocenters. The highest BCUT2D eigenvalue weighted by atomic mass is 79.9. The Kier molecular flexibility index (Phi) is 4.59. The second kappa shape index (κ2) is 6.23. The zero-order valence-electron chi connectivity index (χ0n) is 10.7. The molecule has 1 N–H and O–H groups in total. The van der Waals surface area contributed by atoms with Crippen LogP contribution in [0.15, 0.2) is 53.0 Å². The fourth-order valence-electron chi connectivity index (χ4n) is 1.68. The number of hydrogen-bond donors (Lipinski definition) is 1. The summed E-state index contributed by atoms with van der Waals surface area (Å²) in [5.41, 5.74) is 0.842. The molecule has 0 aliphatic rings. The lowest BCUT2D eigenvalue weighted by molar-refractivity contribution is -0.384. The number of halogens is 1. The van der Waals surface area contributed by atoms with Crippen LogP contribution in [-0.2, 0) is 15.8 Å². The van der Waals surface area contributed by atoms with Crippen molar-refractivity contribution in [2.45, 2.75) is 5.75 Å². The summed E-state index contributed by atoms with van der Waals surface area (Å²) in [6.07, 6.45) is 0. The molecule has 0 spiro atoms. The average Bonchev–Trinajstić information content (AvgIpc) is 2.41. The van der Waals surface area contributed by atoms with Gasteiger partial charge in [0.05, 0.1) is 16.4 Å². The topological polar surface area (TPSA) is 89.3 Å². The van der Waals surface area contributed by atoms with E-state index in [2.05, 4.69) is 20.7 Å². The SMILES string of the molecule is O=[N+]([O-])c1ccc(CS(=O)(=O)Nc2ccccc2Br)cc1. The highest BCUT2D eigenvalue weighted by Gasteiger charge is 2.14. The van der Waals surface area contributed by atoms with Gasteiger partial charge in [-0.25, -0.2) is 8.42 Å². The van der Waals surface area contributed by atoms with E-state index in [4.69, 9.17) is 0 Å². The van der Waals surface area contributed by atoms with E-state index >= 15 is 0 Å². The molecule has 0 aromatic heterocycles. The molecule has 6 nitrogen and oxygen atoms in total. The summed E-state index contributed by atoms with van der Waals surface area (Å²) in [4.78, 5) is 10.0. The maximum absolute atomic E-state index is 12.1. The predicted molar refractivity (Wildman–Crippen MR) is 83.5 cm³/mol. The Bertz CT molecular complexity index is 760. The third kappa shape index (κ3) is 4.27. The number of nitrogens with one attached hydrogen (secondary N) is 1. The summed E-state index contributed by atoms with van der Waals surface area (Å²) >= 11 is 3.26. The van der Waals surface area contributed by atoms with Crippen molar-refractivity contribution in [2.24, 2.45) is 0 Å². The normalized spacial score (nSPS) is 11.1. The molecule has 0 aliphatic carbocycles. The Labute approximate surface area is 130 Å². The fraction of sp³-hybridized carbons (Fsp3) is 0.0769. The predicted octanol–water partition coefficient (Wildman–Crippen LogP) is 3.30. The lowest BCUT2D eigenvalue weighted by Crippen LogP contribution is -2.15. The molecule has 0 radical (unpaired) electrons. The number of non-ortho nitro benzene ring substituents is 1. The van der Waals surface area contributed by atoms with Crippen molar-refractivity contribution < 1.29 is 13.3 Å². The van der Waals surface area contributed by atoms with Gasteiger partial charge in [0.15, 0.2) is 0 Å². The van der Waals surface area contributed by atoms with E-state index in [-0.39, 0.29) is 11.4 Å². The number of nitro groups is 1. The zero-order valence-corrected chi connectivity index (χ0v) is 13.1. The number of rotatable bonds is 5. The van der Waals surface area contributed by atoms with E-state index < -0.39 is 14.9 Å². The van der Waals surface area contributed by atoms with Crippen LogP contribution >= 0.6 is 15.9 Å². The van der Waals surface area contributed by atoms with Gasteiger partial charge in [-0.1, -0.05) is 24.3 Å². The van der Waals surface area contributed by atoms with Crippen molar-refractivity contribution >= 4 is 37.3 Å². The van der Waals surface area contributed by atoms with Gasteiger partial charge in [0.2, 0.25) is 10.0 Å². The van der Waals surface area contributed by atoms with E-state index in [1.165, 1.54) is 24.3 Å². The molecule has 8 heteroatoms. The lowest BCUT2D eigenvalue weighted by Gasteiger charge is -2.09. The first-order chi connectivity index (χ1) is 9.87. The van der Waals surface area contributed by atoms with Gasteiger partial charge in [0.1, 0.15) is 0 Å². The van der Waals surface area contributed by atoms with Crippen molar-refractivity contribution in [1.82, 2.24) is 0 Å². The minimum atomic E-state index is -3.59. The molecule has 0 aliphatic heterocycles. The highest BCUT2D eigenvalue weighted by molar-refractivity contribution is 9.10. The maximum Gasteiger partial charge on any atom is 0.269 e. The van der Waals surface area contributed by atoms with Crippen molar-refractivity contribution in [2.75, 3.05) is 4.72 Å². The molecule has 2 aromatic rings. The van der Waals surface area contributed by atoms with Gasteiger partial charge in [-0.3, -0.25) is 14.8 Å².